The van der Waals surface area contributed by atoms with Crippen molar-refractivity contribution in [1.29, 1.82) is 0 Å². The molecule has 0 unspecified atom stereocenters. The van der Waals surface area contributed by atoms with Gasteiger partial charge in [0.2, 0.25) is 0 Å². The molecular formula is C18H24N2O. The van der Waals surface area contributed by atoms with Crippen molar-refractivity contribution in [3.8, 4) is 0 Å². The van der Waals surface area contributed by atoms with Gasteiger partial charge in [-0.25, -0.2) is 0 Å². The van der Waals surface area contributed by atoms with Crippen molar-refractivity contribution in [3.05, 3.63) is 65.2 Å². The van der Waals surface area contributed by atoms with E-state index in [2.05, 4.69) is 72.8 Å². The minimum atomic E-state index is 0.650. The van der Waals surface area contributed by atoms with E-state index in [0.29, 0.717) is 6.61 Å². The third-order valence-corrected chi connectivity index (χ3v) is 3.39. The smallest absolute Gasteiger partial charge is 0.0716 e. The molecule has 0 spiro atoms. The molecule has 112 valence electrons. The Balaban J connectivity index is 2.10. The van der Waals surface area contributed by atoms with Gasteiger partial charge in [0, 0.05) is 25.9 Å². The highest BCUT2D eigenvalue weighted by molar-refractivity contribution is 5.51. The van der Waals surface area contributed by atoms with Gasteiger partial charge in [0.15, 0.2) is 0 Å². The fraction of sp³-hybridized carbons (Fsp3) is 0.333. The lowest BCUT2D eigenvalue weighted by molar-refractivity contribution is 0.184. The van der Waals surface area contributed by atoms with Crippen LogP contribution in [0.1, 0.15) is 16.7 Å². The van der Waals surface area contributed by atoms with Crippen LogP contribution in [0.3, 0.4) is 0 Å². The molecule has 0 bridgehead atoms. The van der Waals surface area contributed by atoms with E-state index in [1.165, 1.54) is 22.4 Å². The van der Waals surface area contributed by atoms with E-state index in [1.54, 1.807) is 7.11 Å². The summed E-state index contributed by atoms with van der Waals surface area (Å²) in [6.45, 7) is 2.39. The van der Waals surface area contributed by atoms with Gasteiger partial charge in [0.25, 0.3) is 0 Å². The standard InChI is InChI=1S/C18H24N2O/c1-20(2)13-16-9-6-7-11-18(16)19-12-15-8-4-5-10-17(15)14-21-3/h4-11,19H,12-14H2,1-3H3. The zero-order valence-electron chi connectivity index (χ0n) is 13.1. The molecule has 2 rings (SSSR count). The number of para-hydroxylation sites is 1. The van der Waals surface area contributed by atoms with Crippen molar-refractivity contribution in [2.24, 2.45) is 0 Å². The van der Waals surface area contributed by atoms with Crippen LogP contribution in [0.4, 0.5) is 5.69 Å². The highest BCUT2D eigenvalue weighted by Gasteiger charge is 2.05. The summed E-state index contributed by atoms with van der Waals surface area (Å²) in [5.41, 5.74) is 5.02. The van der Waals surface area contributed by atoms with Crippen molar-refractivity contribution in [1.82, 2.24) is 4.90 Å². The number of nitrogens with zero attached hydrogens (tertiary/aromatic N) is 1. The minimum absolute atomic E-state index is 0.650. The molecule has 3 nitrogen and oxygen atoms in total. The summed E-state index contributed by atoms with van der Waals surface area (Å²) < 4.78 is 5.26. The molecule has 0 heterocycles. The van der Waals surface area contributed by atoms with Crippen LogP contribution in [0, 0.1) is 0 Å². The molecule has 2 aromatic rings. The average molecular weight is 284 g/mol. The molecule has 0 aromatic heterocycles. The quantitative estimate of drug-likeness (QED) is 0.842. The second-order valence-corrected chi connectivity index (χ2v) is 5.45. The van der Waals surface area contributed by atoms with Crippen LogP contribution in [-0.2, 0) is 24.4 Å². The number of benzene rings is 2. The van der Waals surface area contributed by atoms with Crippen molar-refractivity contribution in [2.75, 3.05) is 26.5 Å². The maximum atomic E-state index is 5.26. The Labute approximate surface area is 127 Å². The highest BCUT2D eigenvalue weighted by Crippen LogP contribution is 2.18. The molecule has 0 aliphatic rings. The maximum Gasteiger partial charge on any atom is 0.0716 e. The Kier molecular flexibility index (Phi) is 5.78. The molecule has 0 saturated carbocycles. The number of hydrogen-bond donors (Lipinski definition) is 1. The maximum absolute atomic E-state index is 5.26. The van der Waals surface area contributed by atoms with Crippen molar-refractivity contribution in [2.45, 2.75) is 19.7 Å². The number of ether oxygens (including phenoxy) is 1. The molecule has 0 aliphatic carbocycles. The van der Waals surface area contributed by atoms with E-state index < -0.39 is 0 Å². The molecular weight excluding hydrogens is 260 g/mol. The molecule has 21 heavy (non-hydrogen) atoms. The van der Waals surface area contributed by atoms with Crippen LogP contribution in [-0.4, -0.2) is 26.1 Å². The lowest BCUT2D eigenvalue weighted by Crippen LogP contribution is -2.13. The topological polar surface area (TPSA) is 24.5 Å². The molecule has 0 fully saturated rings. The summed E-state index contributed by atoms with van der Waals surface area (Å²) in [5.74, 6) is 0. The Hall–Kier alpha value is -1.84. The molecule has 0 radical (unpaired) electrons. The van der Waals surface area contributed by atoms with Crippen LogP contribution in [0.5, 0.6) is 0 Å². The Bertz CT molecular complexity index is 567. The second kappa shape index (κ2) is 7.81. The van der Waals surface area contributed by atoms with E-state index in [9.17, 15) is 0 Å². The summed E-state index contributed by atoms with van der Waals surface area (Å²) in [6.07, 6.45) is 0. The summed E-state index contributed by atoms with van der Waals surface area (Å²) in [7, 11) is 5.91. The number of nitrogens with one attached hydrogen (secondary N) is 1. The van der Waals surface area contributed by atoms with Crippen molar-refractivity contribution >= 4 is 5.69 Å². The molecule has 0 atom stereocenters. The molecule has 1 N–H and O–H groups in total. The van der Waals surface area contributed by atoms with Crippen LogP contribution in [0.15, 0.2) is 48.5 Å². The third-order valence-electron chi connectivity index (χ3n) is 3.39. The predicted octanol–water partition coefficient (Wildman–Crippen LogP) is 3.51. The van der Waals surface area contributed by atoms with Gasteiger partial charge in [-0.05, 0) is 36.9 Å². The molecule has 2 aromatic carbocycles. The summed E-state index contributed by atoms with van der Waals surface area (Å²) in [4.78, 5) is 2.18. The highest BCUT2D eigenvalue weighted by atomic mass is 16.5. The zero-order chi connectivity index (χ0) is 15.1. The fourth-order valence-electron chi connectivity index (χ4n) is 2.39. The van der Waals surface area contributed by atoms with Gasteiger partial charge >= 0.3 is 0 Å². The van der Waals surface area contributed by atoms with Gasteiger partial charge in [-0.3, -0.25) is 0 Å². The second-order valence-electron chi connectivity index (χ2n) is 5.45. The summed E-state index contributed by atoms with van der Waals surface area (Å²) >= 11 is 0. The number of hydrogen-bond acceptors (Lipinski definition) is 3. The normalized spacial score (nSPS) is 10.9. The van der Waals surface area contributed by atoms with E-state index in [1.807, 2.05) is 0 Å². The monoisotopic (exact) mass is 284 g/mol. The van der Waals surface area contributed by atoms with Gasteiger partial charge in [-0.15, -0.1) is 0 Å². The first-order chi connectivity index (χ1) is 10.2. The number of anilines is 1. The minimum Gasteiger partial charge on any atom is -0.381 e. The van der Waals surface area contributed by atoms with Gasteiger partial charge < -0.3 is 15.0 Å². The first-order valence-electron chi connectivity index (χ1n) is 7.23. The molecule has 0 aliphatic heterocycles. The van der Waals surface area contributed by atoms with Gasteiger partial charge in [-0.1, -0.05) is 42.5 Å². The number of rotatable bonds is 7. The Morgan fingerprint density at radius 3 is 2.19 bits per heavy atom. The Morgan fingerprint density at radius 1 is 0.905 bits per heavy atom. The Morgan fingerprint density at radius 2 is 1.52 bits per heavy atom. The largest absolute Gasteiger partial charge is 0.381 e. The lowest BCUT2D eigenvalue weighted by Gasteiger charge is -2.16. The SMILES string of the molecule is COCc1ccccc1CNc1ccccc1CN(C)C. The van der Waals surface area contributed by atoms with Crippen LogP contribution < -0.4 is 5.32 Å². The molecule has 3 heteroatoms. The third kappa shape index (κ3) is 4.59. The number of methoxy groups -OCH3 is 1. The average Bonchev–Trinajstić information content (AvgIpc) is 2.47. The zero-order valence-corrected chi connectivity index (χ0v) is 13.1. The predicted molar refractivity (Wildman–Crippen MR) is 88.3 cm³/mol. The van der Waals surface area contributed by atoms with Gasteiger partial charge in [0.05, 0.1) is 6.61 Å². The van der Waals surface area contributed by atoms with Gasteiger partial charge in [0.1, 0.15) is 0 Å². The molecule has 0 saturated heterocycles. The summed E-state index contributed by atoms with van der Waals surface area (Å²) in [5, 5.41) is 3.55. The van der Waals surface area contributed by atoms with Crippen LogP contribution >= 0.6 is 0 Å². The summed E-state index contributed by atoms with van der Waals surface area (Å²) in [6, 6.07) is 16.9. The molecule has 0 amide bonds. The van der Waals surface area contributed by atoms with Gasteiger partial charge in [-0.2, -0.15) is 0 Å². The van der Waals surface area contributed by atoms with Crippen molar-refractivity contribution < 1.29 is 4.74 Å². The van der Waals surface area contributed by atoms with Crippen LogP contribution in [0.25, 0.3) is 0 Å². The van der Waals surface area contributed by atoms with Crippen molar-refractivity contribution in [3.63, 3.8) is 0 Å². The van der Waals surface area contributed by atoms with Crippen LogP contribution in [0.2, 0.25) is 0 Å². The van der Waals surface area contributed by atoms with E-state index in [0.717, 1.165) is 13.1 Å². The van der Waals surface area contributed by atoms with E-state index in [4.69, 9.17) is 4.74 Å². The lowest BCUT2D eigenvalue weighted by atomic mass is 10.1. The first kappa shape index (κ1) is 15.5. The van der Waals surface area contributed by atoms with E-state index in [-0.39, 0.29) is 0 Å². The first-order valence-corrected chi connectivity index (χ1v) is 7.23. The fourth-order valence-corrected chi connectivity index (χ4v) is 2.39. The van der Waals surface area contributed by atoms with E-state index >= 15 is 0 Å².